The lowest BCUT2D eigenvalue weighted by atomic mass is 9.83. The van der Waals surface area contributed by atoms with E-state index in [0.29, 0.717) is 10.9 Å². The number of halogens is 1. The third-order valence-corrected chi connectivity index (χ3v) is 5.85. The van der Waals surface area contributed by atoms with Crippen molar-refractivity contribution in [2.45, 2.75) is 81.4 Å². The van der Waals surface area contributed by atoms with Crippen molar-refractivity contribution < 1.29 is 4.74 Å². The zero-order chi connectivity index (χ0) is 14.0. The zero-order valence-corrected chi connectivity index (χ0v) is 13.8. The van der Waals surface area contributed by atoms with Gasteiger partial charge in [-0.15, -0.1) is 5.10 Å². The maximum absolute atomic E-state index is 6.39. The van der Waals surface area contributed by atoms with Crippen LogP contribution in [0.1, 0.15) is 68.8 Å². The standard InChI is InChI=1S/C15H24BrN3O/c1-2-13(16)14-11-19(18-17-14)10-12-6-9-15(20-12)7-4-3-5-8-15/h11-13H,2-10H2,1H3. The molecule has 0 N–H and O–H groups in total. The summed E-state index contributed by atoms with van der Waals surface area (Å²) in [5.41, 5.74) is 1.23. The van der Waals surface area contributed by atoms with Gasteiger partial charge in [-0.05, 0) is 32.1 Å². The number of nitrogens with zero attached hydrogens (tertiary/aromatic N) is 3. The summed E-state index contributed by atoms with van der Waals surface area (Å²) in [7, 11) is 0. The van der Waals surface area contributed by atoms with E-state index in [0.717, 1.165) is 18.7 Å². The van der Waals surface area contributed by atoms with E-state index in [1.54, 1.807) is 0 Å². The van der Waals surface area contributed by atoms with E-state index in [2.05, 4.69) is 39.4 Å². The van der Waals surface area contributed by atoms with Crippen LogP contribution in [0.4, 0.5) is 0 Å². The van der Waals surface area contributed by atoms with Gasteiger partial charge in [-0.3, -0.25) is 0 Å². The normalized spacial score (nSPS) is 27.0. The summed E-state index contributed by atoms with van der Waals surface area (Å²) in [5, 5.41) is 8.48. The first-order chi connectivity index (χ1) is 9.71. The van der Waals surface area contributed by atoms with Crippen LogP contribution in [0.3, 0.4) is 0 Å². The Hall–Kier alpha value is -0.420. The summed E-state index contributed by atoms with van der Waals surface area (Å²) < 4.78 is 8.34. The molecule has 2 atom stereocenters. The maximum Gasteiger partial charge on any atom is 0.0963 e. The minimum Gasteiger partial charge on any atom is -0.370 e. The Balaban J connectivity index is 1.57. The molecule has 2 unspecified atom stereocenters. The predicted octanol–water partition coefficient (Wildman–Crippen LogP) is 4.01. The second-order valence-corrected chi connectivity index (χ2v) is 7.37. The minimum absolute atomic E-state index is 0.202. The zero-order valence-electron chi connectivity index (χ0n) is 12.2. The Kier molecular flexibility index (Phi) is 4.46. The summed E-state index contributed by atoms with van der Waals surface area (Å²) in [6.07, 6.45) is 12.4. The molecule has 4 nitrogen and oxygen atoms in total. The van der Waals surface area contributed by atoms with E-state index < -0.39 is 0 Å². The highest BCUT2D eigenvalue weighted by atomic mass is 79.9. The summed E-state index contributed by atoms with van der Waals surface area (Å²) in [6, 6.07) is 0. The molecule has 2 heterocycles. The lowest BCUT2D eigenvalue weighted by molar-refractivity contribution is -0.0689. The first kappa shape index (κ1) is 14.5. The summed E-state index contributed by atoms with van der Waals surface area (Å²) in [4.78, 5) is 0.311. The maximum atomic E-state index is 6.39. The summed E-state index contributed by atoms with van der Waals surface area (Å²) >= 11 is 3.62. The molecule has 5 heteroatoms. The van der Waals surface area contributed by atoms with Crippen LogP contribution >= 0.6 is 15.9 Å². The van der Waals surface area contributed by atoms with Crippen LogP contribution in [0.25, 0.3) is 0 Å². The SMILES string of the molecule is CCC(Br)c1cn(CC2CCC3(CCCCC3)O2)nn1. The number of alkyl halides is 1. The molecule has 0 bridgehead atoms. The van der Waals surface area contributed by atoms with Gasteiger partial charge in [0, 0.05) is 6.20 Å². The van der Waals surface area contributed by atoms with Crippen molar-refractivity contribution in [3.05, 3.63) is 11.9 Å². The molecular formula is C15H24BrN3O. The molecule has 0 amide bonds. The molecule has 3 rings (SSSR count). The Bertz CT molecular complexity index is 442. The lowest BCUT2D eigenvalue weighted by Gasteiger charge is -2.33. The van der Waals surface area contributed by atoms with E-state index >= 15 is 0 Å². The van der Waals surface area contributed by atoms with Crippen molar-refractivity contribution in [1.29, 1.82) is 0 Å². The molecule has 1 aliphatic heterocycles. The van der Waals surface area contributed by atoms with Gasteiger partial charge in [0.25, 0.3) is 0 Å². The van der Waals surface area contributed by atoms with Crippen LogP contribution in [0.2, 0.25) is 0 Å². The van der Waals surface area contributed by atoms with E-state index in [9.17, 15) is 0 Å². The van der Waals surface area contributed by atoms with Gasteiger partial charge in [0.15, 0.2) is 0 Å². The minimum atomic E-state index is 0.202. The van der Waals surface area contributed by atoms with Crippen molar-refractivity contribution in [1.82, 2.24) is 15.0 Å². The number of rotatable bonds is 4. The van der Waals surface area contributed by atoms with E-state index in [4.69, 9.17) is 4.74 Å². The molecule has 0 aromatic carbocycles. The molecule has 1 saturated heterocycles. The monoisotopic (exact) mass is 341 g/mol. The van der Waals surface area contributed by atoms with Gasteiger partial charge in [-0.25, -0.2) is 4.68 Å². The van der Waals surface area contributed by atoms with Crippen LogP contribution in [0, 0.1) is 0 Å². The average Bonchev–Trinajstić information content (AvgIpc) is 3.07. The van der Waals surface area contributed by atoms with Crippen LogP contribution in [-0.2, 0) is 11.3 Å². The van der Waals surface area contributed by atoms with Crippen molar-refractivity contribution in [2.75, 3.05) is 0 Å². The third kappa shape index (κ3) is 3.08. The Morgan fingerprint density at radius 2 is 2.20 bits per heavy atom. The number of aromatic nitrogens is 3. The van der Waals surface area contributed by atoms with Crippen LogP contribution in [-0.4, -0.2) is 26.7 Å². The van der Waals surface area contributed by atoms with E-state index in [1.165, 1.54) is 44.9 Å². The number of hydrogen-bond donors (Lipinski definition) is 0. The van der Waals surface area contributed by atoms with Crippen molar-refractivity contribution in [2.24, 2.45) is 0 Å². The molecule has 1 saturated carbocycles. The first-order valence-corrected chi connectivity index (χ1v) is 8.84. The number of ether oxygens (including phenoxy) is 1. The quantitative estimate of drug-likeness (QED) is 0.777. The molecule has 1 aromatic heterocycles. The van der Waals surface area contributed by atoms with E-state index in [-0.39, 0.29) is 5.60 Å². The van der Waals surface area contributed by atoms with Gasteiger partial charge in [0.05, 0.1) is 28.8 Å². The molecule has 1 aromatic rings. The van der Waals surface area contributed by atoms with Gasteiger partial charge in [-0.2, -0.15) is 0 Å². The molecule has 1 aliphatic carbocycles. The van der Waals surface area contributed by atoms with Crippen LogP contribution < -0.4 is 0 Å². The molecule has 112 valence electrons. The largest absolute Gasteiger partial charge is 0.370 e. The topological polar surface area (TPSA) is 39.9 Å². The average molecular weight is 342 g/mol. The molecule has 2 fully saturated rings. The van der Waals surface area contributed by atoms with Crippen molar-refractivity contribution >= 4 is 15.9 Å². The third-order valence-electron chi connectivity index (χ3n) is 4.73. The molecule has 1 spiro atoms. The van der Waals surface area contributed by atoms with Gasteiger partial charge < -0.3 is 4.74 Å². The second-order valence-electron chi connectivity index (χ2n) is 6.26. The van der Waals surface area contributed by atoms with Crippen molar-refractivity contribution in [3.63, 3.8) is 0 Å². The van der Waals surface area contributed by atoms with E-state index in [1.807, 2.05) is 4.68 Å². The summed E-state index contributed by atoms with van der Waals surface area (Å²) in [5.74, 6) is 0. The van der Waals surface area contributed by atoms with Crippen molar-refractivity contribution in [3.8, 4) is 0 Å². The lowest BCUT2D eigenvalue weighted by Crippen LogP contribution is -2.32. The Morgan fingerprint density at radius 3 is 2.95 bits per heavy atom. The van der Waals surface area contributed by atoms with Gasteiger partial charge in [-0.1, -0.05) is 47.3 Å². The fourth-order valence-electron chi connectivity index (χ4n) is 3.55. The smallest absolute Gasteiger partial charge is 0.0963 e. The first-order valence-electron chi connectivity index (χ1n) is 7.93. The molecular weight excluding hydrogens is 318 g/mol. The molecule has 2 aliphatic rings. The fraction of sp³-hybridized carbons (Fsp3) is 0.867. The summed E-state index contributed by atoms with van der Waals surface area (Å²) in [6.45, 7) is 2.99. The number of hydrogen-bond acceptors (Lipinski definition) is 3. The predicted molar refractivity (Wildman–Crippen MR) is 81.9 cm³/mol. The highest BCUT2D eigenvalue weighted by Crippen LogP contribution is 2.42. The van der Waals surface area contributed by atoms with Crippen LogP contribution in [0.15, 0.2) is 6.20 Å². The van der Waals surface area contributed by atoms with Crippen LogP contribution in [0.5, 0.6) is 0 Å². The van der Waals surface area contributed by atoms with Gasteiger partial charge in [0.1, 0.15) is 0 Å². The highest BCUT2D eigenvalue weighted by molar-refractivity contribution is 9.09. The Morgan fingerprint density at radius 1 is 1.40 bits per heavy atom. The Labute approximate surface area is 129 Å². The van der Waals surface area contributed by atoms with Gasteiger partial charge >= 0.3 is 0 Å². The highest BCUT2D eigenvalue weighted by Gasteiger charge is 2.40. The molecule has 0 radical (unpaired) electrons. The van der Waals surface area contributed by atoms with Gasteiger partial charge in [0.2, 0.25) is 0 Å². The fourth-order valence-corrected chi connectivity index (χ4v) is 3.76. The molecule has 20 heavy (non-hydrogen) atoms. The second kappa shape index (κ2) is 6.14.